The lowest BCUT2D eigenvalue weighted by Crippen LogP contribution is -2.33. The van der Waals surface area contributed by atoms with Crippen LogP contribution in [0.1, 0.15) is 40.7 Å². The molecule has 0 aliphatic carbocycles. The second-order valence-corrected chi connectivity index (χ2v) is 13.2. The second kappa shape index (κ2) is 21.2. The van der Waals surface area contributed by atoms with Crippen molar-refractivity contribution in [2.24, 2.45) is 5.14 Å². The van der Waals surface area contributed by atoms with Crippen LogP contribution in [0, 0.1) is 0 Å². The number of aromatic nitrogens is 1. The molecule has 0 bridgehead atoms. The van der Waals surface area contributed by atoms with E-state index in [0.29, 0.717) is 33.8 Å². The average Bonchev–Trinajstić information content (AvgIpc) is 3.51. The maximum atomic E-state index is 12.3. The molecule has 4 aromatic rings. The molecule has 3 aromatic carbocycles. The molecule has 0 aliphatic heterocycles. The number of hydrogen-bond donors (Lipinski definition) is 3. The number of carbonyl (C=O) groups is 4. The van der Waals surface area contributed by atoms with E-state index >= 15 is 0 Å². The van der Waals surface area contributed by atoms with Crippen LogP contribution in [0.15, 0.2) is 60.7 Å². The van der Waals surface area contributed by atoms with Crippen molar-refractivity contribution in [1.29, 1.82) is 0 Å². The molecule has 0 spiro atoms. The van der Waals surface area contributed by atoms with Crippen LogP contribution in [0.3, 0.4) is 0 Å². The van der Waals surface area contributed by atoms with Crippen LogP contribution in [-0.2, 0) is 35.6 Å². The highest BCUT2D eigenvalue weighted by Crippen LogP contribution is 2.31. The normalized spacial score (nSPS) is 11.0. The van der Waals surface area contributed by atoms with Gasteiger partial charge in [0.2, 0.25) is 15.9 Å². The number of halogens is 2. The molecule has 1 aromatic heterocycles. The number of nitrogens with two attached hydrogens (primary N) is 1. The van der Waals surface area contributed by atoms with Crippen LogP contribution >= 0.6 is 34.5 Å². The van der Waals surface area contributed by atoms with E-state index in [9.17, 15) is 18.0 Å². The minimum atomic E-state index is -3.63. The van der Waals surface area contributed by atoms with Gasteiger partial charge in [0.15, 0.2) is 0 Å². The lowest BCUT2D eigenvalue weighted by molar-refractivity contribution is -0.122. The molecule has 1 unspecified atom stereocenters. The Bertz CT molecular complexity index is 1700. The molecule has 254 valence electrons. The van der Waals surface area contributed by atoms with Crippen molar-refractivity contribution in [2.45, 2.75) is 26.2 Å². The summed E-state index contributed by atoms with van der Waals surface area (Å²) in [6, 6.07) is 18.8. The highest BCUT2D eigenvalue weighted by molar-refractivity contribution is 7.89. The number of primary sulfonamides is 1. The number of benzene rings is 3. The molecule has 1 atom stereocenters. The van der Waals surface area contributed by atoms with Gasteiger partial charge in [-0.2, -0.15) is 0 Å². The largest absolute Gasteiger partial charge is 0.383 e. The summed E-state index contributed by atoms with van der Waals surface area (Å²) < 4.78 is 27.9. The highest BCUT2D eigenvalue weighted by Gasteiger charge is 2.20. The summed E-state index contributed by atoms with van der Waals surface area (Å²) in [5.41, 5.74) is 4.48. The summed E-state index contributed by atoms with van der Waals surface area (Å²) in [6.45, 7) is 8.67. The Morgan fingerprint density at radius 2 is 1.57 bits per heavy atom. The van der Waals surface area contributed by atoms with Crippen LogP contribution in [-0.4, -0.2) is 71.4 Å². The number of sulfonamides is 1. The fourth-order valence-electron chi connectivity index (χ4n) is 3.83. The molecule has 0 saturated carbocycles. The third-order valence-corrected chi connectivity index (χ3v) is 9.03. The molecular weight excluding hydrogens is 687 g/mol. The lowest BCUT2D eigenvalue weighted by Gasteiger charge is -2.08. The van der Waals surface area contributed by atoms with Crippen LogP contribution in [0.4, 0.5) is 0 Å². The van der Waals surface area contributed by atoms with E-state index < -0.39 is 15.9 Å². The van der Waals surface area contributed by atoms with E-state index in [4.69, 9.17) is 42.7 Å². The fraction of sp³-hybridized carbons (Fsp3) is 0.281. The van der Waals surface area contributed by atoms with Gasteiger partial charge in [-0.3, -0.25) is 9.59 Å². The Hall–Kier alpha value is -3.72. The standard InChI is InChI=1S/C22H26N4O5S2.C8H8Cl2.2CH2O/c1-14(20(27)25-10-12-33(23,29)30)22-26-18-8-7-17(13-19(18)32-22)15-3-5-16(6-4-15)21(28)24-9-11-31-2;1-2-6-3-4-7(9)8(10)5-6;2*1-2/h3-8,13-14H,9-12H2,1-2H3,(H,24,28)(H,25,27)(H2,23,29,30);3-5H,2H2,1H3;2*1H2. The Balaban J connectivity index is 0.000000661. The monoisotopic (exact) mass is 724 g/mol. The molecule has 0 fully saturated rings. The first kappa shape index (κ1) is 41.3. The van der Waals surface area contributed by atoms with Crippen molar-refractivity contribution < 1.29 is 32.3 Å². The smallest absolute Gasteiger partial charge is 0.251 e. The maximum absolute atomic E-state index is 12.3. The molecule has 0 radical (unpaired) electrons. The topological polar surface area (TPSA) is 175 Å². The Morgan fingerprint density at radius 1 is 0.936 bits per heavy atom. The number of thiazole rings is 1. The first-order chi connectivity index (χ1) is 22.4. The van der Waals surface area contributed by atoms with Crippen LogP contribution < -0.4 is 15.8 Å². The third-order valence-electron chi connectivity index (χ3n) is 6.32. The van der Waals surface area contributed by atoms with Gasteiger partial charge in [-0.25, -0.2) is 18.5 Å². The van der Waals surface area contributed by atoms with Gasteiger partial charge in [0.05, 0.1) is 38.5 Å². The van der Waals surface area contributed by atoms with Crippen molar-refractivity contribution in [1.82, 2.24) is 15.6 Å². The molecule has 0 aliphatic rings. The number of nitrogens with one attached hydrogen (secondary N) is 2. The van der Waals surface area contributed by atoms with Gasteiger partial charge in [-0.05, 0) is 66.4 Å². The first-order valence-corrected chi connectivity index (χ1v) is 17.3. The summed E-state index contributed by atoms with van der Waals surface area (Å²) in [4.78, 5) is 45.0. The van der Waals surface area contributed by atoms with Crippen LogP contribution in [0.2, 0.25) is 10.0 Å². The van der Waals surface area contributed by atoms with E-state index in [1.807, 2.05) is 62.1 Å². The predicted octanol–water partition coefficient (Wildman–Crippen LogP) is 5.03. The van der Waals surface area contributed by atoms with Gasteiger partial charge in [0, 0.05) is 25.8 Å². The Labute approximate surface area is 288 Å². The molecule has 4 N–H and O–H groups in total. The van der Waals surface area contributed by atoms with E-state index in [-0.39, 0.29) is 24.1 Å². The summed E-state index contributed by atoms with van der Waals surface area (Å²) in [7, 11) is -2.05. The first-order valence-electron chi connectivity index (χ1n) is 14.0. The van der Waals surface area contributed by atoms with Crippen molar-refractivity contribution >= 4 is 80.2 Å². The number of nitrogens with zero attached hydrogens (tertiary/aromatic N) is 1. The summed E-state index contributed by atoms with van der Waals surface area (Å²) >= 11 is 12.9. The molecule has 47 heavy (non-hydrogen) atoms. The average molecular weight is 726 g/mol. The van der Waals surface area contributed by atoms with Crippen LogP contribution in [0.5, 0.6) is 0 Å². The van der Waals surface area contributed by atoms with E-state index in [2.05, 4.69) is 22.5 Å². The molecule has 15 heteroatoms. The van der Waals surface area contributed by atoms with Crippen molar-refractivity contribution in [3.63, 3.8) is 0 Å². The number of amides is 2. The molecule has 4 rings (SSSR count). The van der Waals surface area contributed by atoms with Crippen molar-refractivity contribution in [2.75, 3.05) is 32.6 Å². The minimum Gasteiger partial charge on any atom is -0.383 e. The van der Waals surface area contributed by atoms with E-state index in [1.165, 1.54) is 16.9 Å². The summed E-state index contributed by atoms with van der Waals surface area (Å²) in [5.74, 6) is -1.31. The molecule has 2 amide bonds. The number of ether oxygens (including phenoxy) is 1. The lowest BCUT2D eigenvalue weighted by atomic mass is 10.0. The van der Waals surface area contributed by atoms with Gasteiger partial charge in [-0.1, -0.05) is 54.4 Å². The number of hydrogen-bond acceptors (Lipinski definition) is 9. The van der Waals surface area contributed by atoms with Crippen LogP contribution in [0.25, 0.3) is 21.3 Å². The van der Waals surface area contributed by atoms with Gasteiger partial charge in [0.1, 0.15) is 18.6 Å². The third kappa shape index (κ3) is 13.9. The van der Waals surface area contributed by atoms with E-state index in [1.54, 1.807) is 26.2 Å². The van der Waals surface area contributed by atoms with Gasteiger partial charge < -0.3 is 25.0 Å². The predicted molar refractivity (Wildman–Crippen MR) is 189 cm³/mol. The molecule has 0 saturated heterocycles. The maximum Gasteiger partial charge on any atom is 0.251 e. The van der Waals surface area contributed by atoms with Gasteiger partial charge in [-0.15, -0.1) is 11.3 Å². The zero-order valence-corrected chi connectivity index (χ0v) is 29.4. The Kier molecular flexibility index (Phi) is 18.6. The van der Waals surface area contributed by atoms with E-state index in [0.717, 1.165) is 27.8 Å². The van der Waals surface area contributed by atoms with Crippen molar-refractivity contribution in [3.8, 4) is 11.1 Å². The molecular formula is C32H38Cl2N4O7S2. The number of methoxy groups -OCH3 is 1. The summed E-state index contributed by atoms with van der Waals surface area (Å²) in [5, 5.41) is 12.2. The second-order valence-electron chi connectivity index (χ2n) is 9.54. The number of aryl methyl sites for hydroxylation is 1. The fourth-order valence-corrected chi connectivity index (χ4v) is 5.60. The van der Waals surface area contributed by atoms with Gasteiger partial charge in [0.25, 0.3) is 5.91 Å². The van der Waals surface area contributed by atoms with Crippen molar-refractivity contribution in [3.05, 3.63) is 86.8 Å². The number of fused-ring (bicyclic) bond motifs is 1. The van der Waals surface area contributed by atoms with Gasteiger partial charge >= 0.3 is 0 Å². The molecule has 1 heterocycles. The molecule has 11 nitrogen and oxygen atoms in total. The zero-order chi connectivity index (χ0) is 35.6. The minimum absolute atomic E-state index is 0.0442. The highest BCUT2D eigenvalue weighted by atomic mass is 35.5. The quantitative estimate of drug-likeness (QED) is 0.181. The SMILES string of the molecule is C=O.C=O.CCc1ccc(Cl)c(Cl)c1.COCCNC(=O)c1ccc(-c2ccc3nc(C(C)C(=O)NCCS(N)(=O)=O)sc3c2)cc1. The zero-order valence-electron chi connectivity index (χ0n) is 26.3. The number of carbonyl (C=O) groups excluding carboxylic acids is 4. The number of rotatable bonds is 11. The summed E-state index contributed by atoms with van der Waals surface area (Å²) in [6.07, 6.45) is 0.997. The Morgan fingerprint density at radius 3 is 2.15 bits per heavy atom.